The van der Waals surface area contributed by atoms with E-state index in [0.717, 1.165) is 17.5 Å². The summed E-state index contributed by atoms with van der Waals surface area (Å²) in [5.41, 5.74) is 15.2. The van der Waals surface area contributed by atoms with Crippen molar-refractivity contribution in [3.8, 4) is 11.8 Å². The fourth-order valence-electron chi connectivity index (χ4n) is 4.82. The SMILES string of the molecule is [C-]#[N+]c1cc(C(=O)Nc2cc(C(N)(CCC3CC3)c3ccc(C#N)cc3)ccc2F)n(-c2cccc(CN)c2)n1. The van der Waals surface area contributed by atoms with E-state index in [0.29, 0.717) is 35.7 Å². The average Bonchev–Trinajstić information content (AvgIpc) is 3.72. The molecule has 0 bridgehead atoms. The standard InChI is InChI=1S/C31H28FN7O/c1-36-29-17-28(39(38-29)25-4-2-3-22(15-25)19-34)30(40)37-27-16-24(11-12-26(27)32)31(35,14-13-20-5-6-20)23-9-7-21(18-33)8-10-23/h2-4,7-12,15-17,20H,5-6,13-14,19,34-35H2,(H,37,40). The van der Waals surface area contributed by atoms with Crippen molar-refractivity contribution in [3.05, 3.63) is 118 Å². The third-order valence-electron chi connectivity index (χ3n) is 7.34. The Morgan fingerprint density at radius 1 is 1.15 bits per heavy atom. The summed E-state index contributed by atoms with van der Waals surface area (Å²) in [5.74, 6) is -0.603. The monoisotopic (exact) mass is 533 g/mol. The highest BCUT2D eigenvalue weighted by atomic mass is 19.1. The number of aromatic nitrogens is 2. The van der Waals surface area contributed by atoms with Gasteiger partial charge in [-0.3, -0.25) is 4.79 Å². The highest BCUT2D eigenvalue weighted by molar-refractivity contribution is 6.04. The van der Waals surface area contributed by atoms with Gasteiger partial charge in [-0.1, -0.05) is 49.7 Å². The van der Waals surface area contributed by atoms with E-state index in [1.54, 1.807) is 42.5 Å². The lowest BCUT2D eigenvalue weighted by atomic mass is 9.79. The maximum atomic E-state index is 15.1. The van der Waals surface area contributed by atoms with Crippen LogP contribution in [-0.2, 0) is 12.1 Å². The van der Waals surface area contributed by atoms with Crippen molar-refractivity contribution in [2.45, 2.75) is 37.8 Å². The van der Waals surface area contributed by atoms with Gasteiger partial charge in [-0.05, 0) is 83.0 Å². The molecular weight excluding hydrogens is 505 g/mol. The number of carbonyl (C=O) groups is 1. The number of amides is 1. The zero-order chi connectivity index (χ0) is 28.3. The van der Waals surface area contributed by atoms with Gasteiger partial charge >= 0.3 is 0 Å². The lowest BCUT2D eigenvalue weighted by molar-refractivity contribution is 0.101. The molecule has 5 N–H and O–H groups in total. The Morgan fingerprint density at radius 2 is 1.90 bits per heavy atom. The zero-order valence-electron chi connectivity index (χ0n) is 21.8. The number of anilines is 1. The van der Waals surface area contributed by atoms with E-state index >= 15 is 4.39 Å². The first-order valence-electron chi connectivity index (χ1n) is 13.0. The Bertz CT molecular complexity index is 1640. The largest absolute Gasteiger partial charge is 0.359 e. The van der Waals surface area contributed by atoms with Crippen LogP contribution in [0.5, 0.6) is 0 Å². The second-order valence-corrected chi connectivity index (χ2v) is 10.1. The van der Waals surface area contributed by atoms with Crippen LogP contribution in [0.4, 0.5) is 15.9 Å². The van der Waals surface area contributed by atoms with Crippen LogP contribution in [0.1, 0.15) is 58.4 Å². The molecule has 0 saturated heterocycles. The van der Waals surface area contributed by atoms with Crippen LogP contribution in [0.2, 0.25) is 0 Å². The van der Waals surface area contributed by atoms with Gasteiger partial charge in [-0.2, -0.15) is 9.94 Å². The third kappa shape index (κ3) is 5.48. The van der Waals surface area contributed by atoms with Crippen LogP contribution in [0.25, 0.3) is 10.5 Å². The summed E-state index contributed by atoms with van der Waals surface area (Å²) in [7, 11) is 0. The molecule has 1 amide bonds. The molecule has 0 aliphatic heterocycles. The van der Waals surface area contributed by atoms with Gasteiger partial charge < -0.3 is 21.6 Å². The van der Waals surface area contributed by atoms with E-state index in [9.17, 15) is 10.1 Å². The highest BCUT2D eigenvalue weighted by Crippen LogP contribution is 2.40. The normalized spacial score (nSPS) is 14.1. The Kier molecular flexibility index (Phi) is 7.43. The van der Waals surface area contributed by atoms with E-state index < -0.39 is 17.3 Å². The number of benzene rings is 3. The summed E-state index contributed by atoms with van der Waals surface area (Å²) >= 11 is 0. The lowest BCUT2D eigenvalue weighted by Gasteiger charge is -2.31. The Balaban J connectivity index is 1.49. The number of hydrogen-bond donors (Lipinski definition) is 3. The van der Waals surface area contributed by atoms with E-state index in [-0.39, 0.29) is 17.2 Å². The molecule has 8 nitrogen and oxygen atoms in total. The summed E-state index contributed by atoms with van der Waals surface area (Å²) in [6.07, 6.45) is 3.88. The fourth-order valence-corrected chi connectivity index (χ4v) is 4.82. The number of carbonyl (C=O) groups excluding carboxylic acids is 1. The summed E-state index contributed by atoms with van der Waals surface area (Å²) in [6, 6.07) is 22.2. The van der Waals surface area contributed by atoms with Gasteiger partial charge in [-0.25, -0.2) is 4.39 Å². The third-order valence-corrected chi connectivity index (χ3v) is 7.34. The van der Waals surface area contributed by atoms with Gasteiger partial charge in [0.15, 0.2) is 0 Å². The van der Waals surface area contributed by atoms with Crippen molar-refractivity contribution >= 4 is 17.4 Å². The minimum absolute atomic E-state index is 0.0272. The molecule has 1 aromatic heterocycles. The van der Waals surface area contributed by atoms with Crippen LogP contribution in [0.15, 0.2) is 72.8 Å². The zero-order valence-corrected chi connectivity index (χ0v) is 21.8. The summed E-state index contributed by atoms with van der Waals surface area (Å²) in [5, 5.41) is 16.1. The number of halogens is 1. The molecule has 1 aliphatic rings. The summed E-state index contributed by atoms with van der Waals surface area (Å²) in [6.45, 7) is 7.67. The van der Waals surface area contributed by atoms with Gasteiger partial charge in [0, 0.05) is 6.54 Å². The van der Waals surface area contributed by atoms with Crippen LogP contribution < -0.4 is 16.8 Å². The van der Waals surface area contributed by atoms with E-state index in [2.05, 4.69) is 21.3 Å². The maximum Gasteiger partial charge on any atom is 0.296 e. The first-order chi connectivity index (χ1) is 19.3. The molecule has 5 rings (SSSR count). The Hall–Kier alpha value is -4.83. The average molecular weight is 534 g/mol. The second kappa shape index (κ2) is 11.1. The molecule has 4 aromatic rings. The maximum absolute atomic E-state index is 15.1. The minimum atomic E-state index is -0.953. The molecule has 200 valence electrons. The summed E-state index contributed by atoms with van der Waals surface area (Å²) < 4.78 is 16.4. The van der Waals surface area contributed by atoms with Gasteiger partial charge in [0.05, 0.1) is 28.5 Å². The second-order valence-electron chi connectivity index (χ2n) is 10.1. The van der Waals surface area contributed by atoms with Crippen molar-refractivity contribution in [1.82, 2.24) is 9.78 Å². The van der Waals surface area contributed by atoms with Gasteiger partial charge in [0.1, 0.15) is 11.5 Å². The predicted octanol–water partition coefficient (Wildman–Crippen LogP) is 5.54. The quantitative estimate of drug-likeness (QED) is 0.244. The first kappa shape index (κ1) is 26.8. The Labute approximate surface area is 231 Å². The smallest absolute Gasteiger partial charge is 0.296 e. The van der Waals surface area contributed by atoms with E-state index in [4.69, 9.17) is 18.0 Å². The van der Waals surface area contributed by atoms with Crippen LogP contribution in [-0.4, -0.2) is 15.7 Å². The molecule has 9 heteroatoms. The fraction of sp³-hybridized carbons (Fsp3) is 0.226. The summed E-state index contributed by atoms with van der Waals surface area (Å²) in [4.78, 5) is 16.8. The van der Waals surface area contributed by atoms with Crippen molar-refractivity contribution in [3.63, 3.8) is 0 Å². The number of nitrogens with two attached hydrogens (primary N) is 2. The molecule has 1 atom stereocenters. The van der Waals surface area contributed by atoms with Crippen molar-refractivity contribution < 1.29 is 9.18 Å². The number of nitriles is 1. The van der Waals surface area contributed by atoms with Crippen LogP contribution >= 0.6 is 0 Å². The molecule has 1 heterocycles. The number of hydrogen-bond acceptors (Lipinski definition) is 5. The molecule has 1 saturated carbocycles. The molecule has 0 spiro atoms. The topological polar surface area (TPSA) is 127 Å². The van der Waals surface area contributed by atoms with Crippen LogP contribution in [0.3, 0.4) is 0 Å². The van der Waals surface area contributed by atoms with Gasteiger partial charge in [0.25, 0.3) is 11.7 Å². The van der Waals surface area contributed by atoms with E-state index in [1.165, 1.54) is 29.7 Å². The molecule has 1 unspecified atom stereocenters. The molecule has 0 radical (unpaired) electrons. The van der Waals surface area contributed by atoms with Crippen LogP contribution in [0, 0.1) is 29.6 Å². The first-order valence-corrected chi connectivity index (χ1v) is 13.0. The molecule has 3 aromatic carbocycles. The van der Waals surface area contributed by atoms with Crippen molar-refractivity contribution in [1.29, 1.82) is 5.26 Å². The molecule has 40 heavy (non-hydrogen) atoms. The molecule has 1 fully saturated rings. The molecular formula is C31H28FN7O. The number of nitrogens with one attached hydrogen (secondary N) is 1. The highest BCUT2D eigenvalue weighted by Gasteiger charge is 2.33. The number of rotatable bonds is 9. The number of nitrogens with zero attached hydrogens (tertiary/aromatic N) is 4. The van der Waals surface area contributed by atoms with Gasteiger partial charge in [0.2, 0.25) is 0 Å². The van der Waals surface area contributed by atoms with Crippen molar-refractivity contribution in [2.24, 2.45) is 17.4 Å². The van der Waals surface area contributed by atoms with Crippen molar-refractivity contribution in [2.75, 3.05) is 5.32 Å². The van der Waals surface area contributed by atoms with Gasteiger partial charge in [-0.15, -0.1) is 0 Å². The predicted molar refractivity (Wildman–Crippen MR) is 150 cm³/mol. The lowest BCUT2D eigenvalue weighted by Crippen LogP contribution is -2.38. The Morgan fingerprint density at radius 3 is 2.58 bits per heavy atom. The molecule has 1 aliphatic carbocycles. The van der Waals surface area contributed by atoms with E-state index in [1.807, 2.05) is 18.2 Å². The minimum Gasteiger partial charge on any atom is -0.359 e.